The van der Waals surface area contributed by atoms with E-state index in [4.69, 9.17) is 9.26 Å². The molecule has 2 aromatic carbocycles. The molecule has 1 N–H and O–H groups in total. The zero-order valence-corrected chi connectivity index (χ0v) is 18.7. The number of aromatic nitrogens is 2. The van der Waals surface area contributed by atoms with E-state index in [-0.39, 0.29) is 35.4 Å². The lowest BCUT2D eigenvalue weighted by Gasteiger charge is -2.19. The molecule has 1 atom stereocenters. The van der Waals surface area contributed by atoms with Crippen LogP contribution in [-0.4, -0.2) is 28.6 Å². The summed E-state index contributed by atoms with van der Waals surface area (Å²) in [4.78, 5) is 28.6. The Balaban J connectivity index is 1.54. The minimum atomic E-state index is -0.831. The van der Waals surface area contributed by atoms with Crippen LogP contribution in [0.1, 0.15) is 61.2 Å². The first-order valence-corrected chi connectivity index (χ1v) is 10.2. The molecule has 0 aliphatic carbocycles. The lowest BCUT2D eigenvalue weighted by atomic mass is 9.87. The highest BCUT2D eigenvalue weighted by Crippen LogP contribution is 2.23. The van der Waals surface area contributed by atoms with Crippen molar-refractivity contribution in [1.82, 2.24) is 15.5 Å². The van der Waals surface area contributed by atoms with Crippen molar-refractivity contribution in [2.24, 2.45) is 0 Å². The SMILES string of the molecule is Cc1ccc(-c2noc(C(C)OC(=O)CNC(=O)c3ccc(C(C)(C)C)cc3)n2)cc1F. The van der Waals surface area contributed by atoms with E-state index in [9.17, 15) is 14.0 Å². The molecule has 1 amide bonds. The third kappa shape index (κ3) is 5.57. The Bertz CT molecular complexity index is 1120. The van der Waals surface area contributed by atoms with Gasteiger partial charge in [-0.2, -0.15) is 4.98 Å². The first kappa shape index (κ1) is 23.1. The van der Waals surface area contributed by atoms with E-state index in [0.29, 0.717) is 16.7 Å². The fourth-order valence-corrected chi connectivity index (χ4v) is 2.91. The van der Waals surface area contributed by atoms with E-state index < -0.39 is 12.1 Å². The van der Waals surface area contributed by atoms with Gasteiger partial charge in [0.15, 0.2) is 6.10 Å². The molecule has 168 valence electrons. The second-order valence-electron chi connectivity index (χ2n) is 8.56. The Labute approximate surface area is 186 Å². The number of amides is 1. The lowest BCUT2D eigenvalue weighted by Crippen LogP contribution is -2.31. The molecule has 7 nitrogen and oxygen atoms in total. The second kappa shape index (κ2) is 9.30. The number of nitrogens with zero attached hydrogens (tertiary/aromatic N) is 2. The van der Waals surface area contributed by atoms with Crippen molar-refractivity contribution in [3.63, 3.8) is 0 Å². The summed E-state index contributed by atoms with van der Waals surface area (Å²) in [6, 6.07) is 11.8. The Morgan fingerprint density at radius 1 is 1.16 bits per heavy atom. The summed E-state index contributed by atoms with van der Waals surface area (Å²) >= 11 is 0. The molecule has 0 saturated heterocycles. The topological polar surface area (TPSA) is 94.3 Å². The van der Waals surface area contributed by atoms with Crippen LogP contribution in [0.5, 0.6) is 0 Å². The van der Waals surface area contributed by atoms with Crippen LogP contribution in [0, 0.1) is 12.7 Å². The first-order chi connectivity index (χ1) is 15.0. The molecule has 0 bridgehead atoms. The van der Waals surface area contributed by atoms with Gasteiger partial charge < -0.3 is 14.6 Å². The van der Waals surface area contributed by atoms with Crippen LogP contribution in [0.15, 0.2) is 47.0 Å². The van der Waals surface area contributed by atoms with Crippen molar-refractivity contribution in [2.75, 3.05) is 6.54 Å². The smallest absolute Gasteiger partial charge is 0.326 e. The zero-order valence-electron chi connectivity index (χ0n) is 18.7. The van der Waals surface area contributed by atoms with Gasteiger partial charge in [-0.3, -0.25) is 9.59 Å². The summed E-state index contributed by atoms with van der Waals surface area (Å²) in [5, 5.41) is 6.34. The van der Waals surface area contributed by atoms with Gasteiger partial charge in [0.05, 0.1) is 0 Å². The number of carbonyl (C=O) groups is 2. The average Bonchev–Trinajstić information content (AvgIpc) is 3.24. The molecule has 0 fully saturated rings. The van der Waals surface area contributed by atoms with Gasteiger partial charge in [0.1, 0.15) is 12.4 Å². The number of aryl methyl sites for hydroxylation is 1. The molecular formula is C24H26FN3O4. The van der Waals surface area contributed by atoms with Crippen LogP contribution >= 0.6 is 0 Å². The van der Waals surface area contributed by atoms with Gasteiger partial charge in [-0.25, -0.2) is 4.39 Å². The number of esters is 1. The van der Waals surface area contributed by atoms with Gasteiger partial charge in [-0.05, 0) is 48.6 Å². The molecule has 0 spiro atoms. The second-order valence-corrected chi connectivity index (χ2v) is 8.56. The molecular weight excluding hydrogens is 413 g/mol. The van der Waals surface area contributed by atoms with Gasteiger partial charge in [-0.1, -0.05) is 50.2 Å². The minimum Gasteiger partial charge on any atom is -0.451 e. The maximum absolute atomic E-state index is 13.8. The molecule has 1 heterocycles. The Morgan fingerprint density at radius 2 is 1.84 bits per heavy atom. The van der Waals surface area contributed by atoms with Crippen molar-refractivity contribution < 1.29 is 23.2 Å². The number of ether oxygens (including phenoxy) is 1. The van der Waals surface area contributed by atoms with Crippen LogP contribution in [-0.2, 0) is 14.9 Å². The molecule has 3 rings (SSSR count). The fourth-order valence-electron chi connectivity index (χ4n) is 2.91. The molecule has 1 unspecified atom stereocenters. The molecule has 0 aliphatic rings. The Morgan fingerprint density at radius 3 is 2.47 bits per heavy atom. The predicted molar refractivity (Wildman–Crippen MR) is 116 cm³/mol. The maximum atomic E-state index is 13.8. The standard InChI is InChI=1S/C24H26FN3O4/c1-14-6-7-17(12-19(14)25)21-27-23(32-28-21)15(2)31-20(29)13-26-22(30)16-8-10-18(11-9-16)24(3,4)5/h6-12,15H,13H2,1-5H3,(H,26,30). The summed E-state index contributed by atoms with van der Waals surface area (Å²) in [7, 11) is 0. The van der Waals surface area contributed by atoms with Gasteiger partial charge in [0.25, 0.3) is 11.8 Å². The Kier molecular flexibility index (Phi) is 6.72. The van der Waals surface area contributed by atoms with Crippen LogP contribution in [0.25, 0.3) is 11.4 Å². The summed E-state index contributed by atoms with van der Waals surface area (Å²) in [6.07, 6.45) is -0.831. The van der Waals surface area contributed by atoms with Crippen molar-refractivity contribution >= 4 is 11.9 Å². The summed E-state index contributed by atoms with van der Waals surface area (Å²) in [5.41, 5.74) is 2.50. The highest BCUT2D eigenvalue weighted by atomic mass is 19.1. The monoisotopic (exact) mass is 439 g/mol. The summed E-state index contributed by atoms with van der Waals surface area (Å²) in [5.74, 6) is -1.15. The van der Waals surface area contributed by atoms with E-state index in [0.717, 1.165) is 5.56 Å². The van der Waals surface area contributed by atoms with Gasteiger partial charge in [0.2, 0.25) is 5.82 Å². The van der Waals surface area contributed by atoms with Crippen molar-refractivity contribution in [2.45, 2.75) is 46.1 Å². The van der Waals surface area contributed by atoms with E-state index in [1.54, 1.807) is 38.1 Å². The van der Waals surface area contributed by atoms with Gasteiger partial charge in [-0.15, -0.1) is 0 Å². The number of halogens is 1. The number of nitrogens with one attached hydrogen (secondary N) is 1. The van der Waals surface area contributed by atoms with Crippen molar-refractivity contribution in [3.8, 4) is 11.4 Å². The normalized spacial score (nSPS) is 12.3. The lowest BCUT2D eigenvalue weighted by molar-refractivity contribution is -0.148. The Hall–Kier alpha value is -3.55. The van der Waals surface area contributed by atoms with Crippen LogP contribution in [0.3, 0.4) is 0 Å². The molecule has 8 heteroatoms. The zero-order chi connectivity index (χ0) is 23.5. The molecule has 32 heavy (non-hydrogen) atoms. The van der Waals surface area contributed by atoms with Crippen LogP contribution < -0.4 is 5.32 Å². The minimum absolute atomic E-state index is 0.0167. The average molecular weight is 439 g/mol. The summed E-state index contributed by atoms with van der Waals surface area (Å²) < 4.78 is 24.1. The maximum Gasteiger partial charge on any atom is 0.326 e. The van der Waals surface area contributed by atoms with E-state index in [2.05, 4.69) is 36.2 Å². The predicted octanol–water partition coefficient (Wildman–Crippen LogP) is 4.52. The molecule has 0 aliphatic heterocycles. The van der Waals surface area contributed by atoms with E-state index in [1.165, 1.54) is 6.07 Å². The highest BCUT2D eigenvalue weighted by molar-refractivity contribution is 5.95. The number of hydrogen-bond donors (Lipinski definition) is 1. The van der Waals surface area contributed by atoms with E-state index in [1.807, 2.05) is 12.1 Å². The number of rotatable bonds is 6. The number of hydrogen-bond acceptors (Lipinski definition) is 6. The fraction of sp³-hybridized carbons (Fsp3) is 0.333. The molecule has 0 radical (unpaired) electrons. The third-order valence-corrected chi connectivity index (χ3v) is 4.93. The number of benzene rings is 2. The van der Waals surface area contributed by atoms with Crippen LogP contribution in [0.4, 0.5) is 4.39 Å². The van der Waals surface area contributed by atoms with Gasteiger partial charge in [0, 0.05) is 11.1 Å². The quantitative estimate of drug-likeness (QED) is 0.568. The largest absolute Gasteiger partial charge is 0.451 e. The van der Waals surface area contributed by atoms with Crippen molar-refractivity contribution in [1.29, 1.82) is 0 Å². The molecule has 3 aromatic rings. The first-order valence-electron chi connectivity index (χ1n) is 10.2. The number of carbonyl (C=O) groups excluding carboxylic acids is 2. The van der Waals surface area contributed by atoms with Crippen LogP contribution in [0.2, 0.25) is 0 Å². The third-order valence-electron chi connectivity index (χ3n) is 4.93. The van der Waals surface area contributed by atoms with Crippen molar-refractivity contribution in [3.05, 3.63) is 70.9 Å². The summed E-state index contributed by atoms with van der Waals surface area (Å²) in [6.45, 7) is 9.17. The highest BCUT2D eigenvalue weighted by Gasteiger charge is 2.20. The van der Waals surface area contributed by atoms with E-state index >= 15 is 0 Å². The molecule has 0 saturated carbocycles. The molecule has 1 aromatic heterocycles. The van der Waals surface area contributed by atoms with Gasteiger partial charge >= 0.3 is 5.97 Å².